The van der Waals surface area contributed by atoms with Crippen molar-refractivity contribution in [2.45, 2.75) is 11.4 Å². The van der Waals surface area contributed by atoms with Crippen molar-refractivity contribution in [2.75, 3.05) is 26.2 Å². The zero-order chi connectivity index (χ0) is 22.7. The van der Waals surface area contributed by atoms with Gasteiger partial charge in [-0.15, -0.1) is 0 Å². The molecule has 32 heavy (non-hydrogen) atoms. The fourth-order valence-electron chi connectivity index (χ4n) is 3.41. The van der Waals surface area contributed by atoms with Crippen LogP contribution >= 0.6 is 0 Å². The third kappa shape index (κ3) is 4.35. The van der Waals surface area contributed by atoms with E-state index in [1.807, 2.05) is 11.0 Å². The van der Waals surface area contributed by atoms with Gasteiger partial charge in [0.25, 0.3) is 5.69 Å². The first-order valence-corrected chi connectivity index (χ1v) is 11.1. The van der Waals surface area contributed by atoms with Gasteiger partial charge >= 0.3 is 0 Å². The average Bonchev–Trinajstić information content (AvgIpc) is 3.28. The van der Waals surface area contributed by atoms with Gasteiger partial charge in [-0.25, -0.2) is 8.42 Å². The molecule has 0 unspecified atom stereocenters. The van der Waals surface area contributed by atoms with E-state index in [4.69, 9.17) is 4.52 Å². The highest BCUT2D eigenvalue weighted by Crippen LogP contribution is 2.23. The monoisotopic (exact) mass is 454 g/mol. The molecule has 0 bridgehead atoms. The molecule has 0 saturated carbocycles. The number of piperazine rings is 1. The third-order valence-electron chi connectivity index (χ3n) is 5.12. The zero-order valence-corrected chi connectivity index (χ0v) is 17.6. The fraction of sp³-hybridized carbons (Fsp3) is 0.250. The molecule has 2 aromatic carbocycles. The lowest BCUT2D eigenvalue weighted by Gasteiger charge is -2.33. The topological polar surface area (TPSA) is 146 Å². The Bertz CT molecular complexity index is 1270. The number of benzene rings is 2. The Kier molecular flexibility index (Phi) is 5.95. The summed E-state index contributed by atoms with van der Waals surface area (Å²) < 4.78 is 32.5. The van der Waals surface area contributed by atoms with E-state index < -0.39 is 14.9 Å². The lowest BCUT2D eigenvalue weighted by atomic mass is 10.2. The molecule has 1 aromatic heterocycles. The van der Waals surface area contributed by atoms with Gasteiger partial charge in [0.1, 0.15) is 6.07 Å². The fourth-order valence-corrected chi connectivity index (χ4v) is 4.98. The van der Waals surface area contributed by atoms with Crippen LogP contribution < -0.4 is 0 Å². The molecule has 164 valence electrons. The van der Waals surface area contributed by atoms with Crippen molar-refractivity contribution in [2.24, 2.45) is 0 Å². The van der Waals surface area contributed by atoms with Crippen molar-refractivity contribution in [3.05, 3.63) is 70.1 Å². The number of nitrogens with zero attached hydrogens (tertiary/aromatic N) is 6. The number of nitro groups is 1. The van der Waals surface area contributed by atoms with E-state index >= 15 is 0 Å². The summed E-state index contributed by atoms with van der Waals surface area (Å²) in [5.74, 6) is 0.689. The molecular formula is C20H18N6O5S. The van der Waals surface area contributed by atoms with Crippen LogP contribution in [0.1, 0.15) is 11.5 Å². The molecule has 4 rings (SSSR count). The summed E-state index contributed by atoms with van der Waals surface area (Å²) in [6.45, 7) is 1.81. The molecule has 1 aliphatic heterocycles. The van der Waals surface area contributed by atoms with Gasteiger partial charge in [0.2, 0.25) is 21.7 Å². The van der Waals surface area contributed by atoms with Gasteiger partial charge in [-0.3, -0.25) is 15.0 Å². The third-order valence-corrected chi connectivity index (χ3v) is 7.08. The second-order valence-corrected chi connectivity index (χ2v) is 9.01. The number of nitro benzene ring substituents is 1. The molecular weight excluding hydrogens is 436 g/mol. The number of non-ortho nitro benzene ring substituents is 1. The summed E-state index contributed by atoms with van der Waals surface area (Å²) >= 11 is 0. The predicted octanol–water partition coefficient (Wildman–Crippen LogP) is 2.02. The van der Waals surface area contributed by atoms with Crippen LogP contribution in [0, 0.1) is 21.4 Å². The Balaban J connectivity index is 1.38. The molecule has 0 spiro atoms. The molecule has 1 fully saturated rings. The maximum absolute atomic E-state index is 12.9. The molecule has 11 nitrogen and oxygen atoms in total. The van der Waals surface area contributed by atoms with Gasteiger partial charge in [0, 0.05) is 43.9 Å². The van der Waals surface area contributed by atoms with E-state index in [2.05, 4.69) is 10.1 Å². The minimum absolute atomic E-state index is 0.0144. The first-order chi connectivity index (χ1) is 15.4. The maximum atomic E-state index is 12.9. The Morgan fingerprint density at radius 3 is 2.44 bits per heavy atom. The molecule has 1 saturated heterocycles. The highest BCUT2D eigenvalue weighted by Gasteiger charge is 2.30. The van der Waals surface area contributed by atoms with Crippen LogP contribution in [0.3, 0.4) is 0 Å². The number of sulfonamides is 1. The number of nitriles is 1. The largest absolute Gasteiger partial charge is 0.338 e. The van der Waals surface area contributed by atoms with E-state index in [1.54, 1.807) is 24.3 Å². The molecule has 0 amide bonds. The number of hydrogen-bond donors (Lipinski definition) is 0. The van der Waals surface area contributed by atoms with Crippen LogP contribution in [0.2, 0.25) is 0 Å². The highest BCUT2D eigenvalue weighted by molar-refractivity contribution is 7.89. The van der Waals surface area contributed by atoms with E-state index in [1.165, 1.54) is 28.6 Å². The van der Waals surface area contributed by atoms with E-state index in [9.17, 15) is 23.8 Å². The highest BCUT2D eigenvalue weighted by atomic mass is 32.2. The van der Waals surface area contributed by atoms with Gasteiger partial charge in [-0.05, 0) is 24.3 Å². The second kappa shape index (κ2) is 8.83. The first kappa shape index (κ1) is 21.6. The van der Waals surface area contributed by atoms with Crippen LogP contribution in [0.5, 0.6) is 0 Å². The molecule has 0 radical (unpaired) electrons. The summed E-state index contributed by atoms with van der Waals surface area (Å²) in [6.07, 6.45) is 0. The minimum Gasteiger partial charge on any atom is -0.338 e. The average molecular weight is 454 g/mol. The lowest BCUT2D eigenvalue weighted by Crippen LogP contribution is -2.48. The van der Waals surface area contributed by atoms with E-state index in [0.717, 1.165) is 0 Å². The zero-order valence-electron chi connectivity index (χ0n) is 16.8. The van der Waals surface area contributed by atoms with Gasteiger partial charge < -0.3 is 4.52 Å². The quantitative estimate of drug-likeness (QED) is 0.403. The van der Waals surface area contributed by atoms with Crippen molar-refractivity contribution in [3.8, 4) is 17.5 Å². The van der Waals surface area contributed by atoms with Crippen LogP contribution in [0.4, 0.5) is 5.69 Å². The predicted molar refractivity (Wildman–Crippen MR) is 112 cm³/mol. The number of hydrogen-bond acceptors (Lipinski definition) is 9. The maximum Gasteiger partial charge on any atom is 0.269 e. The molecule has 1 aliphatic rings. The van der Waals surface area contributed by atoms with Crippen molar-refractivity contribution in [1.29, 1.82) is 5.26 Å². The summed E-state index contributed by atoms with van der Waals surface area (Å²) in [5.41, 5.74) is 0.694. The SMILES string of the molecule is N#Cc1ccccc1S(=O)(=O)N1CCN(Cc2nc(-c3ccc([N+](=O)[O-])cc3)no2)CC1. The van der Waals surface area contributed by atoms with E-state index in [-0.39, 0.29) is 29.2 Å². The Hall–Kier alpha value is -3.66. The summed E-state index contributed by atoms with van der Waals surface area (Å²) in [5, 5.41) is 23.9. The van der Waals surface area contributed by atoms with Gasteiger partial charge in [-0.1, -0.05) is 17.3 Å². The summed E-state index contributed by atoms with van der Waals surface area (Å²) in [6, 6.07) is 13.9. The van der Waals surface area contributed by atoms with E-state index in [0.29, 0.717) is 36.9 Å². The molecule has 2 heterocycles. The van der Waals surface area contributed by atoms with Crippen molar-refractivity contribution < 1.29 is 17.9 Å². The smallest absolute Gasteiger partial charge is 0.269 e. The van der Waals surface area contributed by atoms with Crippen LogP contribution in [0.25, 0.3) is 11.4 Å². The number of aromatic nitrogens is 2. The van der Waals surface area contributed by atoms with Crippen molar-refractivity contribution in [3.63, 3.8) is 0 Å². The Labute approximate surface area is 183 Å². The van der Waals surface area contributed by atoms with Crippen LogP contribution in [-0.4, -0.2) is 58.9 Å². The molecule has 12 heteroatoms. The van der Waals surface area contributed by atoms with Gasteiger partial charge in [0.05, 0.1) is 21.9 Å². The van der Waals surface area contributed by atoms with Crippen molar-refractivity contribution >= 4 is 15.7 Å². The standard InChI is InChI=1S/C20H18N6O5S/c21-13-16-3-1-2-4-18(16)32(29,30)25-11-9-24(10-12-25)14-19-22-20(23-31-19)15-5-7-17(8-6-15)26(27)28/h1-8H,9-12,14H2. The minimum atomic E-state index is -3.76. The number of rotatable bonds is 6. The summed E-state index contributed by atoms with van der Waals surface area (Å²) in [7, 11) is -3.76. The Morgan fingerprint density at radius 2 is 1.78 bits per heavy atom. The normalized spacial score (nSPS) is 15.3. The Morgan fingerprint density at radius 1 is 1.09 bits per heavy atom. The lowest BCUT2D eigenvalue weighted by molar-refractivity contribution is -0.384. The first-order valence-electron chi connectivity index (χ1n) is 9.67. The van der Waals surface area contributed by atoms with Crippen molar-refractivity contribution in [1.82, 2.24) is 19.3 Å². The van der Waals surface area contributed by atoms with Gasteiger partial charge in [0.15, 0.2) is 0 Å². The molecule has 0 atom stereocenters. The summed E-state index contributed by atoms with van der Waals surface area (Å²) in [4.78, 5) is 16.6. The molecule has 0 N–H and O–H groups in total. The molecule has 0 aliphatic carbocycles. The molecule has 3 aromatic rings. The van der Waals surface area contributed by atoms with Crippen LogP contribution in [0.15, 0.2) is 57.9 Å². The van der Waals surface area contributed by atoms with Gasteiger partial charge in [-0.2, -0.15) is 14.6 Å². The second-order valence-electron chi connectivity index (χ2n) is 7.10. The van der Waals surface area contributed by atoms with Crippen LogP contribution in [-0.2, 0) is 16.6 Å².